The van der Waals surface area contributed by atoms with Gasteiger partial charge >= 0.3 is 5.97 Å². The van der Waals surface area contributed by atoms with E-state index in [0.717, 1.165) is 17.2 Å². The minimum absolute atomic E-state index is 0.0685. The van der Waals surface area contributed by atoms with Crippen LogP contribution in [-0.4, -0.2) is 18.9 Å². The predicted octanol–water partition coefficient (Wildman–Crippen LogP) is 3.29. The SMILES string of the molecule is COC(=O)c1cc2ccccc2cc1NC1=CCCC1=O. The van der Waals surface area contributed by atoms with Crippen LogP contribution in [0.4, 0.5) is 5.69 Å². The molecule has 0 amide bonds. The molecular weight excluding hydrogens is 266 g/mol. The second-order valence-corrected chi connectivity index (χ2v) is 4.94. The molecule has 1 aliphatic rings. The summed E-state index contributed by atoms with van der Waals surface area (Å²) in [6, 6.07) is 11.4. The molecule has 0 atom stereocenters. The minimum Gasteiger partial charge on any atom is -0.465 e. The first-order chi connectivity index (χ1) is 10.2. The lowest BCUT2D eigenvalue weighted by atomic mass is 10.0. The van der Waals surface area contributed by atoms with Crippen LogP contribution in [0.15, 0.2) is 48.2 Å². The van der Waals surface area contributed by atoms with Gasteiger partial charge in [0.05, 0.1) is 24.1 Å². The first-order valence-corrected chi connectivity index (χ1v) is 6.80. The third-order valence-electron chi connectivity index (χ3n) is 3.58. The molecule has 1 aliphatic carbocycles. The normalized spacial score (nSPS) is 14.1. The third-order valence-corrected chi connectivity index (χ3v) is 3.58. The number of ketones is 1. The number of fused-ring (bicyclic) bond motifs is 1. The Balaban J connectivity index is 2.09. The fourth-order valence-electron chi connectivity index (χ4n) is 2.48. The maximum atomic E-state index is 12.0. The molecule has 3 rings (SSSR count). The molecule has 0 heterocycles. The summed E-state index contributed by atoms with van der Waals surface area (Å²) in [6.45, 7) is 0. The number of esters is 1. The number of hydrogen-bond acceptors (Lipinski definition) is 4. The van der Waals surface area contributed by atoms with Crippen molar-refractivity contribution in [3.63, 3.8) is 0 Å². The number of nitrogens with one attached hydrogen (secondary N) is 1. The first kappa shape index (κ1) is 13.4. The Morgan fingerprint density at radius 1 is 1.19 bits per heavy atom. The van der Waals surface area contributed by atoms with E-state index in [1.54, 1.807) is 6.07 Å². The molecule has 0 saturated carbocycles. The standard InChI is InChI=1S/C17H15NO3/c1-21-17(20)13-9-11-5-2-3-6-12(11)10-15(13)18-14-7-4-8-16(14)19/h2-3,5-7,9-10,18H,4,8H2,1H3. The summed E-state index contributed by atoms with van der Waals surface area (Å²) >= 11 is 0. The lowest BCUT2D eigenvalue weighted by Crippen LogP contribution is -2.11. The molecule has 0 bridgehead atoms. The zero-order valence-electron chi connectivity index (χ0n) is 11.7. The van der Waals surface area contributed by atoms with Gasteiger partial charge in [-0.15, -0.1) is 0 Å². The van der Waals surface area contributed by atoms with Crippen molar-refractivity contribution < 1.29 is 14.3 Å². The van der Waals surface area contributed by atoms with E-state index in [2.05, 4.69) is 5.32 Å². The monoisotopic (exact) mass is 281 g/mol. The largest absolute Gasteiger partial charge is 0.465 e. The van der Waals surface area contributed by atoms with Crippen molar-refractivity contribution in [3.8, 4) is 0 Å². The summed E-state index contributed by atoms with van der Waals surface area (Å²) in [5.41, 5.74) is 1.58. The molecule has 2 aromatic carbocycles. The van der Waals surface area contributed by atoms with Crippen molar-refractivity contribution in [1.82, 2.24) is 0 Å². The Hall–Kier alpha value is -2.62. The summed E-state index contributed by atoms with van der Waals surface area (Å²) in [5, 5.41) is 5.03. The van der Waals surface area contributed by atoms with Crippen molar-refractivity contribution in [2.45, 2.75) is 12.8 Å². The number of ether oxygens (including phenoxy) is 1. The second kappa shape index (κ2) is 5.40. The minimum atomic E-state index is -0.422. The Bertz CT molecular complexity index is 762. The van der Waals surface area contributed by atoms with Crippen LogP contribution >= 0.6 is 0 Å². The Labute approximate surface area is 122 Å². The average molecular weight is 281 g/mol. The molecule has 0 aromatic heterocycles. The van der Waals surface area contributed by atoms with Crippen molar-refractivity contribution >= 4 is 28.2 Å². The Morgan fingerprint density at radius 2 is 1.90 bits per heavy atom. The molecule has 21 heavy (non-hydrogen) atoms. The van der Waals surface area contributed by atoms with Crippen molar-refractivity contribution in [3.05, 3.63) is 53.7 Å². The van der Waals surface area contributed by atoms with E-state index < -0.39 is 5.97 Å². The predicted molar refractivity (Wildman–Crippen MR) is 81.2 cm³/mol. The second-order valence-electron chi connectivity index (χ2n) is 4.94. The number of carbonyl (C=O) groups is 2. The van der Waals surface area contributed by atoms with E-state index in [1.807, 2.05) is 36.4 Å². The first-order valence-electron chi connectivity index (χ1n) is 6.80. The van der Waals surface area contributed by atoms with Gasteiger partial charge in [0.25, 0.3) is 0 Å². The van der Waals surface area contributed by atoms with Crippen LogP contribution in [0, 0.1) is 0 Å². The highest BCUT2D eigenvalue weighted by Gasteiger charge is 2.19. The summed E-state index contributed by atoms with van der Waals surface area (Å²) < 4.78 is 4.83. The molecule has 0 saturated heterocycles. The molecule has 0 unspecified atom stereocenters. The van der Waals surface area contributed by atoms with Crippen molar-refractivity contribution in [1.29, 1.82) is 0 Å². The van der Waals surface area contributed by atoms with Crippen LogP contribution < -0.4 is 5.32 Å². The van der Waals surface area contributed by atoms with Crippen molar-refractivity contribution in [2.24, 2.45) is 0 Å². The van der Waals surface area contributed by atoms with Gasteiger partial charge in [-0.1, -0.05) is 30.3 Å². The van der Waals surface area contributed by atoms with Crippen LogP contribution in [-0.2, 0) is 9.53 Å². The van der Waals surface area contributed by atoms with Gasteiger partial charge in [-0.25, -0.2) is 4.79 Å². The molecule has 4 nitrogen and oxygen atoms in total. The van der Waals surface area contributed by atoms with Crippen LogP contribution in [0.1, 0.15) is 23.2 Å². The summed E-state index contributed by atoms with van der Waals surface area (Å²) in [7, 11) is 1.35. The quantitative estimate of drug-likeness (QED) is 0.877. The fourth-order valence-corrected chi connectivity index (χ4v) is 2.48. The van der Waals surface area contributed by atoms with Gasteiger partial charge in [-0.3, -0.25) is 4.79 Å². The highest BCUT2D eigenvalue weighted by atomic mass is 16.5. The molecule has 0 aliphatic heterocycles. The highest BCUT2D eigenvalue weighted by molar-refractivity contribution is 6.05. The summed E-state index contributed by atoms with van der Waals surface area (Å²) in [6.07, 6.45) is 3.12. The average Bonchev–Trinajstić information content (AvgIpc) is 2.91. The van der Waals surface area contributed by atoms with Crippen LogP contribution in [0.25, 0.3) is 10.8 Å². The highest BCUT2D eigenvalue weighted by Crippen LogP contribution is 2.27. The fraction of sp³-hybridized carbons (Fsp3) is 0.176. The molecule has 4 heteroatoms. The number of carbonyl (C=O) groups excluding carboxylic acids is 2. The van der Waals surface area contributed by atoms with E-state index in [9.17, 15) is 9.59 Å². The summed E-state index contributed by atoms with van der Waals surface area (Å²) in [4.78, 5) is 23.7. The number of rotatable bonds is 3. The lowest BCUT2D eigenvalue weighted by molar-refractivity contribution is -0.114. The van der Waals surface area contributed by atoms with E-state index in [4.69, 9.17) is 4.74 Å². The maximum absolute atomic E-state index is 12.0. The smallest absolute Gasteiger partial charge is 0.339 e. The van der Waals surface area contributed by atoms with Gasteiger partial charge in [-0.2, -0.15) is 0 Å². The molecule has 1 N–H and O–H groups in total. The number of anilines is 1. The van der Waals surface area contributed by atoms with Gasteiger partial charge in [0.1, 0.15) is 0 Å². The molecule has 0 fully saturated rings. The van der Waals surface area contributed by atoms with Crippen molar-refractivity contribution in [2.75, 3.05) is 12.4 Å². The molecule has 106 valence electrons. The Morgan fingerprint density at radius 3 is 2.52 bits per heavy atom. The maximum Gasteiger partial charge on any atom is 0.339 e. The number of hydrogen-bond donors (Lipinski definition) is 1. The van der Waals surface area contributed by atoms with E-state index in [1.165, 1.54) is 7.11 Å². The Kier molecular flexibility index (Phi) is 3.44. The van der Waals surface area contributed by atoms with Gasteiger partial charge in [0, 0.05) is 6.42 Å². The number of Topliss-reactive ketones (excluding diaryl/α,β-unsaturated/α-hetero) is 1. The van der Waals surface area contributed by atoms with Gasteiger partial charge in [-0.05, 0) is 29.3 Å². The van der Waals surface area contributed by atoms with E-state index in [0.29, 0.717) is 23.4 Å². The number of methoxy groups -OCH3 is 1. The molecular formula is C17H15NO3. The number of allylic oxidation sites excluding steroid dienone is 2. The topological polar surface area (TPSA) is 55.4 Å². The number of benzene rings is 2. The zero-order chi connectivity index (χ0) is 14.8. The van der Waals surface area contributed by atoms with E-state index in [-0.39, 0.29) is 5.78 Å². The van der Waals surface area contributed by atoms with Crippen LogP contribution in [0.3, 0.4) is 0 Å². The van der Waals surface area contributed by atoms with E-state index >= 15 is 0 Å². The van der Waals surface area contributed by atoms with Gasteiger partial charge < -0.3 is 10.1 Å². The summed E-state index contributed by atoms with van der Waals surface area (Å²) in [5.74, 6) is -0.353. The molecule has 0 spiro atoms. The molecule has 2 aromatic rings. The van der Waals surface area contributed by atoms with Crippen LogP contribution in [0.5, 0.6) is 0 Å². The lowest BCUT2D eigenvalue weighted by Gasteiger charge is -2.12. The van der Waals surface area contributed by atoms with Crippen LogP contribution in [0.2, 0.25) is 0 Å². The zero-order valence-corrected chi connectivity index (χ0v) is 11.7. The van der Waals surface area contributed by atoms with Gasteiger partial charge in [0.2, 0.25) is 0 Å². The molecule has 0 radical (unpaired) electrons. The van der Waals surface area contributed by atoms with Gasteiger partial charge in [0.15, 0.2) is 5.78 Å². The third kappa shape index (κ3) is 2.52.